The fraction of sp³-hybridized carbons (Fsp3) is 0. The molecule has 0 aromatic heterocycles. The van der Waals surface area contributed by atoms with Crippen LogP contribution >= 0.6 is 7.82 Å². The summed E-state index contributed by atoms with van der Waals surface area (Å²) in [5.41, 5.74) is 0. The first kappa shape index (κ1) is 52.7. The molecule has 0 aliphatic rings. The van der Waals surface area contributed by atoms with Crippen molar-refractivity contribution in [3.8, 4) is 0 Å². The van der Waals surface area contributed by atoms with Crippen LogP contribution in [0, 0.1) is 0 Å². The molecule has 0 atom stereocenters. The van der Waals surface area contributed by atoms with Crippen LogP contribution in [0.2, 0.25) is 0 Å². The van der Waals surface area contributed by atoms with Crippen LogP contribution in [-0.2, 0) is 63.0 Å². The summed E-state index contributed by atoms with van der Waals surface area (Å²) in [7, 11) is -5.39. The van der Waals surface area contributed by atoms with Crippen molar-refractivity contribution in [1.82, 2.24) is 0 Å². The van der Waals surface area contributed by atoms with Gasteiger partial charge in [0.25, 0.3) is 0 Å². The maximum Gasteiger partial charge on any atom is 0 e. The smallest absolute Gasteiger partial charge is 0 e. The van der Waals surface area contributed by atoms with Crippen LogP contribution in [0.4, 0.5) is 0 Å². The second kappa shape index (κ2) is 22.6. The van der Waals surface area contributed by atoms with Crippen molar-refractivity contribution >= 4 is 7.82 Å². The fourth-order valence-corrected chi connectivity index (χ4v) is 0. The average molecular weight is 345 g/mol. The van der Waals surface area contributed by atoms with Gasteiger partial charge in [0, 0.05) is 58.4 Å². The van der Waals surface area contributed by atoms with Gasteiger partial charge in [-0.3, -0.25) is 0 Å². The molecule has 0 fully saturated rings. The van der Waals surface area contributed by atoms with Crippen molar-refractivity contribution in [1.29, 1.82) is 0 Å². The molecule has 0 bridgehead atoms. The van der Waals surface area contributed by atoms with Crippen LogP contribution in [0.3, 0.4) is 0 Å². The summed E-state index contributed by atoms with van der Waals surface area (Å²) in [6, 6.07) is 0. The molecule has 0 unspecified atom stereocenters. The van der Waals surface area contributed by atoms with Gasteiger partial charge in [-0.1, -0.05) is 0 Å². The molecule has 62 valence electrons. The Kier molecular flexibility index (Phi) is 108. The van der Waals surface area contributed by atoms with E-state index in [1.54, 1.807) is 0 Å². The van der Waals surface area contributed by atoms with Gasteiger partial charge in [-0.25, -0.2) is 0 Å². The molecule has 6 N–H and O–H groups in total. The molecule has 0 rings (SSSR count). The third-order valence-electron chi connectivity index (χ3n) is 0. The zero-order chi connectivity index (χ0) is 4.50. The normalized spacial score (nSPS) is 5.36. The van der Waals surface area contributed by atoms with Gasteiger partial charge in [0.2, 0.25) is 0 Å². The first-order valence-corrected chi connectivity index (χ1v) is 2.19. The van der Waals surface area contributed by atoms with Crippen molar-refractivity contribution < 1.29 is 94.1 Å². The Labute approximate surface area is 101 Å². The molecular formula is H6O7PZn3-3. The number of phosphoric acid groups is 1. The predicted molar refractivity (Wildman–Crippen MR) is 18.4 cm³/mol. The number of hydrogen-bond donors (Lipinski definition) is 0. The summed E-state index contributed by atoms with van der Waals surface area (Å²) < 4.78 is 8.55. The Hall–Kier alpha value is 1.86. The van der Waals surface area contributed by atoms with Crippen molar-refractivity contribution in [3.63, 3.8) is 0 Å². The van der Waals surface area contributed by atoms with Crippen LogP contribution < -0.4 is 14.7 Å². The van der Waals surface area contributed by atoms with Gasteiger partial charge in [-0.15, -0.1) is 0 Å². The Morgan fingerprint density at radius 3 is 0.727 bits per heavy atom. The van der Waals surface area contributed by atoms with E-state index in [1.165, 1.54) is 0 Å². The van der Waals surface area contributed by atoms with E-state index in [0.29, 0.717) is 0 Å². The van der Waals surface area contributed by atoms with Crippen molar-refractivity contribution in [3.05, 3.63) is 0 Å². The maximum absolute atomic E-state index is 8.55. The van der Waals surface area contributed by atoms with Crippen LogP contribution in [0.5, 0.6) is 0 Å². The quantitative estimate of drug-likeness (QED) is 0.314. The summed E-state index contributed by atoms with van der Waals surface area (Å²) in [6.07, 6.45) is 0. The summed E-state index contributed by atoms with van der Waals surface area (Å²) in [5, 5.41) is 0. The molecule has 0 amide bonds. The molecule has 0 aromatic carbocycles. The van der Waals surface area contributed by atoms with Gasteiger partial charge in [0.15, 0.2) is 0 Å². The van der Waals surface area contributed by atoms with E-state index in [0.717, 1.165) is 0 Å². The molecule has 0 aliphatic carbocycles. The molecule has 11 heteroatoms. The monoisotopic (exact) mass is 341 g/mol. The van der Waals surface area contributed by atoms with Gasteiger partial charge in [0.05, 0.1) is 0 Å². The summed E-state index contributed by atoms with van der Waals surface area (Å²) in [4.78, 5) is 25.6. The molecule has 0 radical (unpaired) electrons. The van der Waals surface area contributed by atoms with E-state index in [9.17, 15) is 0 Å². The maximum atomic E-state index is 8.55. The minimum Gasteiger partial charge on any atom is -0.822 e. The van der Waals surface area contributed by atoms with Crippen molar-refractivity contribution in [2.45, 2.75) is 0 Å². The Bertz CT molecular complexity index is 59.8. The van der Waals surface area contributed by atoms with E-state index >= 15 is 0 Å². The second-order valence-corrected chi connectivity index (χ2v) is 1.34. The van der Waals surface area contributed by atoms with Gasteiger partial charge in [-0.05, 0) is 0 Å². The molecule has 11 heavy (non-hydrogen) atoms. The van der Waals surface area contributed by atoms with Gasteiger partial charge >= 0.3 is 0 Å². The molecule has 0 saturated heterocycles. The van der Waals surface area contributed by atoms with E-state index in [1.807, 2.05) is 0 Å². The van der Waals surface area contributed by atoms with E-state index in [-0.39, 0.29) is 74.9 Å². The first-order chi connectivity index (χ1) is 2.00. The predicted octanol–water partition coefficient (Wildman–Crippen LogP) is -5.31. The van der Waals surface area contributed by atoms with Crippen LogP contribution in [0.25, 0.3) is 0 Å². The van der Waals surface area contributed by atoms with Gasteiger partial charge < -0.3 is 35.7 Å². The van der Waals surface area contributed by atoms with E-state index in [4.69, 9.17) is 19.2 Å². The minimum atomic E-state index is -5.39. The zero-order valence-electron chi connectivity index (χ0n) is 5.70. The molecule has 0 heterocycles. The Morgan fingerprint density at radius 2 is 0.727 bits per heavy atom. The third kappa shape index (κ3) is 333. The summed E-state index contributed by atoms with van der Waals surface area (Å²) in [6.45, 7) is 0. The van der Waals surface area contributed by atoms with Gasteiger partial charge in [0.1, 0.15) is 0 Å². The molecular weight excluding hydrogens is 339 g/mol. The van der Waals surface area contributed by atoms with Crippen LogP contribution in [0.15, 0.2) is 0 Å². The summed E-state index contributed by atoms with van der Waals surface area (Å²) in [5.74, 6) is 0. The third-order valence-corrected chi connectivity index (χ3v) is 0. The molecule has 0 aliphatic heterocycles. The summed E-state index contributed by atoms with van der Waals surface area (Å²) >= 11 is 0. The van der Waals surface area contributed by atoms with Crippen LogP contribution in [-0.4, -0.2) is 16.4 Å². The van der Waals surface area contributed by atoms with Crippen molar-refractivity contribution in [2.75, 3.05) is 0 Å². The Morgan fingerprint density at radius 1 is 0.727 bits per heavy atom. The number of hydrogen-bond acceptors (Lipinski definition) is 4. The minimum absolute atomic E-state index is 0. The van der Waals surface area contributed by atoms with Gasteiger partial charge in [-0.2, -0.15) is 7.82 Å². The molecule has 0 aromatic rings. The first-order valence-electron chi connectivity index (χ1n) is 0.730. The van der Waals surface area contributed by atoms with Crippen molar-refractivity contribution in [2.24, 2.45) is 0 Å². The average Bonchev–Trinajstić information content (AvgIpc) is 0.722. The second-order valence-electron chi connectivity index (χ2n) is 0.447. The largest absolute Gasteiger partial charge is 0.822 e. The van der Waals surface area contributed by atoms with E-state index in [2.05, 4.69) is 0 Å². The Balaban J connectivity index is -0.00000000533. The topological polar surface area (TPSA) is 181 Å². The van der Waals surface area contributed by atoms with Crippen LogP contribution in [0.1, 0.15) is 0 Å². The molecule has 0 spiro atoms. The standard InChI is InChI=1S/H3O4P.3H2O.3Zn/c1-5(2,3)4;;;;;;/h(H3,1,2,3,4);3*1H2;;;/p-3. The number of rotatable bonds is 0. The van der Waals surface area contributed by atoms with E-state index < -0.39 is 7.82 Å². The zero-order valence-corrected chi connectivity index (χ0v) is 15.5. The molecule has 0 saturated carbocycles. The SMILES string of the molecule is O.O.O.O=P([O-])([O-])[O-].[Zn].[Zn].[Zn]. The fourth-order valence-electron chi connectivity index (χ4n) is 0. The molecule has 7 nitrogen and oxygen atoms in total.